The summed E-state index contributed by atoms with van der Waals surface area (Å²) >= 11 is 0. The molecule has 0 atom stereocenters. The Balaban J connectivity index is 2.22. The van der Waals surface area contributed by atoms with Crippen LogP contribution in [0.15, 0.2) is 23.0 Å². The van der Waals surface area contributed by atoms with Crippen molar-refractivity contribution in [2.24, 2.45) is 7.05 Å². The first kappa shape index (κ1) is 13.9. The van der Waals surface area contributed by atoms with Gasteiger partial charge in [0.15, 0.2) is 0 Å². The van der Waals surface area contributed by atoms with E-state index >= 15 is 0 Å². The van der Waals surface area contributed by atoms with Crippen molar-refractivity contribution in [3.63, 3.8) is 0 Å². The lowest BCUT2D eigenvalue weighted by Crippen LogP contribution is -2.36. The molecule has 3 rings (SSSR count). The monoisotopic (exact) mass is 288 g/mol. The van der Waals surface area contributed by atoms with Gasteiger partial charge in [0.2, 0.25) is 0 Å². The van der Waals surface area contributed by atoms with E-state index in [-0.39, 0.29) is 5.56 Å². The normalized spacial score (nSPS) is 15.5. The van der Waals surface area contributed by atoms with Gasteiger partial charge < -0.3 is 18.9 Å². The molecule has 1 aliphatic rings. The van der Waals surface area contributed by atoms with Gasteiger partial charge in [0.25, 0.3) is 5.56 Å². The molecule has 21 heavy (non-hydrogen) atoms. The zero-order valence-corrected chi connectivity index (χ0v) is 12.7. The van der Waals surface area contributed by atoms with Gasteiger partial charge >= 0.3 is 0 Å². The number of fused-ring (bicyclic) bond motifs is 1. The predicted octanol–water partition coefficient (Wildman–Crippen LogP) is 1.69. The summed E-state index contributed by atoms with van der Waals surface area (Å²) in [5, 5.41) is 0.967. The van der Waals surface area contributed by atoms with E-state index in [0.29, 0.717) is 0 Å². The molecule has 1 aliphatic heterocycles. The quantitative estimate of drug-likeness (QED) is 0.843. The Hall–Kier alpha value is -2.01. The molecule has 112 valence electrons. The van der Waals surface area contributed by atoms with Crippen LogP contribution in [-0.4, -0.2) is 38.0 Å². The average molecular weight is 288 g/mol. The molecule has 0 amide bonds. The summed E-state index contributed by atoms with van der Waals surface area (Å²) in [6.45, 7) is 5.00. The molecule has 5 heteroatoms. The third kappa shape index (κ3) is 2.38. The third-order valence-corrected chi connectivity index (χ3v) is 4.07. The molecule has 0 radical (unpaired) electrons. The topological polar surface area (TPSA) is 43.7 Å². The highest BCUT2D eigenvalue weighted by molar-refractivity contribution is 5.89. The number of benzene rings is 1. The highest BCUT2D eigenvalue weighted by Gasteiger charge is 2.16. The number of hydrogen-bond acceptors (Lipinski definition) is 4. The molecule has 1 aromatic heterocycles. The Morgan fingerprint density at radius 2 is 1.90 bits per heavy atom. The van der Waals surface area contributed by atoms with Crippen LogP contribution in [0, 0.1) is 6.92 Å². The van der Waals surface area contributed by atoms with Gasteiger partial charge in [-0.1, -0.05) is 0 Å². The van der Waals surface area contributed by atoms with Crippen LogP contribution in [-0.2, 0) is 11.8 Å². The van der Waals surface area contributed by atoms with Crippen LogP contribution in [0.3, 0.4) is 0 Å². The van der Waals surface area contributed by atoms with Gasteiger partial charge in [-0.25, -0.2) is 0 Å². The number of methoxy groups -OCH3 is 1. The number of anilines is 1. The third-order valence-electron chi connectivity index (χ3n) is 4.07. The SMILES string of the molecule is COc1cc(N2CCOCC2)cc2c1cc(C)c(=O)n2C. The van der Waals surface area contributed by atoms with E-state index < -0.39 is 0 Å². The van der Waals surface area contributed by atoms with Crippen molar-refractivity contribution in [3.8, 4) is 5.75 Å². The van der Waals surface area contributed by atoms with Gasteiger partial charge in [0, 0.05) is 42.8 Å². The van der Waals surface area contributed by atoms with Gasteiger partial charge in [-0.3, -0.25) is 4.79 Å². The summed E-state index contributed by atoms with van der Waals surface area (Å²) in [4.78, 5) is 14.4. The molecule has 0 unspecified atom stereocenters. The minimum atomic E-state index is 0.0312. The van der Waals surface area contributed by atoms with E-state index in [1.165, 1.54) is 0 Å². The molecule has 1 saturated heterocycles. The minimum absolute atomic E-state index is 0.0312. The summed E-state index contributed by atoms with van der Waals surface area (Å²) in [7, 11) is 3.47. The van der Waals surface area contributed by atoms with Crippen molar-refractivity contribution < 1.29 is 9.47 Å². The van der Waals surface area contributed by atoms with Crippen LogP contribution in [0.1, 0.15) is 5.56 Å². The van der Waals surface area contributed by atoms with Crippen molar-refractivity contribution in [1.82, 2.24) is 4.57 Å². The van der Waals surface area contributed by atoms with E-state index in [0.717, 1.165) is 54.2 Å². The Morgan fingerprint density at radius 3 is 2.57 bits per heavy atom. The fraction of sp³-hybridized carbons (Fsp3) is 0.438. The molecular weight excluding hydrogens is 268 g/mol. The molecule has 0 saturated carbocycles. The number of aryl methyl sites for hydroxylation is 2. The van der Waals surface area contributed by atoms with E-state index in [4.69, 9.17) is 9.47 Å². The first-order valence-corrected chi connectivity index (χ1v) is 7.13. The molecule has 0 bridgehead atoms. The Labute approximate surface area is 123 Å². The van der Waals surface area contributed by atoms with Crippen LogP contribution < -0.4 is 15.2 Å². The lowest BCUT2D eigenvalue weighted by Gasteiger charge is -2.29. The fourth-order valence-electron chi connectivity index (χ4n) is 2.85. The second kappa shape index (κ2) is 5.41. The molecule has 5 nitrogen and oxygen atoms in total. The number of ether oxygens (including phenoxy) is 2. The first-order chi connectivity index (χ1) is 10.1. The highest BCUT2D eigenvalue weighted by atomic mass is 16.5. The molecule has 0 aliphatic carbocycles. The number of aromatic nitrogens is 1. The maximum atomic E-state index is 12.2. The van der Waals surface area contributed by atoms with Crippen molar-refractivity contribution in [2.45, 2.75) is 6.92 Å². The smallest absolute Gasteiger partial charge is 0.253 e. The maximum absolute atomic E-state index is 12.2. The van der Waals surface area contributed by atoms with Crippen molar-refractivity contribution >= 4 is 16.6 Å². The highest BCUT2D eigenvalue weighted by Crippen LogP contribution is 2.31. The zero-order chi connectivity index (χ0) is 15.0. The second-order valence-electron chi connectivity index (χ2n) is 5.37. The van der Waals surface area contributed by atoms with E-state index in [2.05, 4.69) is 11.0 Å². The molecule has 2 heterocycles. The largest absolute Gasteiger partial charge is 0.496 e. The number of morpholine rings is 1. The number of nitrogens with zero attached hydrogens (tertiary/aromatic N) is 2. The predicted molar refractivity (Wildman–Crippen MR) is 83.5 cm³/mol. The lowest BCUT2D eigenvalue weighted by atomic mass is 10.1. The van der Waals surface area contributed by atoms with Crippen LogP contribution in [0.5, 0.6) is 5.75 Å². The Bertz CT molecular complexity index is 730. The summed E-state index contributed by atoms with van der Waals surface area (Å²) < 4.78 is 12.6. The first-order valence-electron chi connectivity index (χ1n) is 7.13. The van der Waals surface area contributed by atoms with Crippen molar-refractivity contribution in [3.05, 3.63) is 34.1 Å². The molecular formula is C16H20N2O3. The van der Waals surface area contributed by atoms with Gasteiger partial charge in [-0.15, -0.1) is 0 Å². The van der Waals surface area contributed by atoms with Crippen LogP contribution in [0.2, 0.25) is 0 Å². The van der Waals surface area contributed by atoms with E-state index in [1.54, 1.807) is 18.7 Å². The van der Waals surface area contributed by atoms with Crippen LogP contribution in [0.25, 0.3) is 10.9 Å². The second-order valence-corrected chi connectivity index (χ2v) is 5.37. The molecule has 2 aromatic rings. The molecule has 0 N–H and O–H groups in total. The summed E-state index contributed by atoms with van der Waals surface area (Å²) in [5.74, 6) is 0.799. The molecule has 1 aromatic carbocycles. The van der Waals surface area contributed by atoms with Crippen molar-refractivity contribution in [2.75, 3.05) is 38.3 Å². The molecule has 1 fully saturated rings. The standard InChI is InChI=1S/C16H20N2O3/c1-11-8-13-14(17(2)16(11)19)9-12(10-15(13)20-3)18-4-6-21-7-5-18/h8-10H,4-7H2,1-3H3. The molecule has 0 spiro atoms. The van der Waals surface area contributed by atoms with Crippen LogP contribution >= 0.6 is 0 Å². The zero-order valence-electron chi connectivity index (χ0n) is 12.7. The maximum Gasteiger partial charge on any atom is 0.253 e. The number of hydrogen-bond donors (Lipinski definition) is 0. The van der Waals surface area contributed by atoms with Gasteiger partial charge in [0.05, 0.1) is 25.8 Å². The number of pyridine rings is 1. The van der Waals surface area contributed by atoms with E-state index in [1.807, 2.05) is 19.1 Å². The number of rotatable bonds is 2. The summed E-state index contributed by atoms with van der Waals surface area (Å²) in [6.07, 6.45) is 0. The Morgan fingerprint density at radius 1 is 1.19 bits per heavy atom. The summed E-state index contributed by atoms with van der Waals surface area (Å²) in [5.41, 5.74) is 2.72. The van der Waals surface area contributed by atoms with Gasteiger partial charge in [-0.2, -0.15) is 0 Å². The van der Waals surface area contributed by atoms with Crippen molar-refractivity contribution in [1.29, 1.82) is 0 Å². The Kier molecular flexibility index (Phi) is 3.59. The fourth-order valence-corrected chi connectivity index (χ4v) is 2.85. The van der Waals surface area contributed by atoms with E-state index in [9.17, 15) is 4.79 Å². The lowest BCUT2D eigenvalue weighted by molar-refractivity contribution is 0.122. The van der Waals surface area contributed by atoms with Gasteiger partial charge in [-0.05, 0) is 19.1 Å². The summed E-state index contributed by atoms with van der Waals surface area (Å²) in [6, 6.07) is 6.00. The van der Waals surface area contributed by atoms with Gasteiger partial charge in [0.1, 0.15) is 5.75 Å². The minimum Gasteiger partial charge on any atom is -0.496 e. The average Bonchev–Trinajstić information content (AvgIpc) is 2.53. The van der Waals surface area contributed by atoms with Crippen LogP contribution in [0.4, 0.5) is 5.69 Å².